The van der Waals surface area contributed by atoms with E-state index in [4.69, 9.17) is 4.74 Å². The van der Waals surface area contributed by atoms with Crippen LogP contribution < -0.4 is 5.56 Å². The van der Waals surface area contributed by atoms with Crippen LogP contribution in [0.25, 0.3) is 11.6 Å². The number of hydrogen-bond acceptors (Lipinski definition) is 5. The highest BCUT2D eigenvalue weighted by atomic mass is 79.9. The third-order valence-electron chi connectivity index (χ3n) is 1.85. The van der Waals surface area contributed by atoms with Crippen LogP contribution in [0.2, 0.25) is 0 Å². The van der Waals surface area contributed by atoms with Crippen LogP contribution in [0, 0.1) is 0 Å². The van der Waals surface area contributed by atoms with Gasteiger partial charge >= 0.3 is 0 Å². The van der Waals surface area contributed by atoms with E-state index in [1.54, 1.807) is 0 Å². The molecule has 0 amide bonds. The second-order valence-electron chi connectivity index (χ2n) is 2.94. The van der Waals surface area contributed by atoms with Gasteiger partial charge in [-0.3, -0.25) is 9.89 Å². The summed E-state index contributed by atoms with van der Waals surface area (Å²) in [6.45, 7) is 0.242. The fourth-order valence-corrected chi connectivity index (χ4v) is 1.47. The number of ether oxygens (including phenoxy) is 1. The predicted molar refractivity (Wildman–Crippen MR) is 58.6 cm³/mol. The molecule has 0 aliphatic rings. The smallest absolute Gasteiger partial charge is 0.265 e. The van der Waals surface area contributed by atoms with E-state index in [2.05, 4.69) is 41.1 Å². The number of aromatic nitrogens is 5. The topological polar surface area (TPSA) is 96.6 Å². The first-order chi connectivity index (χ1) is 7.72. The molecule has 0 saturated heterocycles. The van der Waals surface area contributed by atoms with Crippen LogP contribution in [0.5, 0.6) is 0 Å². The lowest BCUT2D eigenvalue weighted by Gasteiger charge is -2.03. The standard InChI is InChI=1S/C8H8BrN5O2/c1-16-2-4-5(9)8(15)13-7(12-4)6-10-3-11-14-6/h3H,2H2,1H3,(H,10,11,14)(H,12,13,15). The molecule has 0 bridgehead atoms. The van der Waals surface area contributed by atoms with E-state index in [0.717, 1.165) is 0 Å². The van der Waals surface area contributed by atoms with Crippen LogP contribution in [-0.4, -0.2) is 32.3 Å². The Hall–Kier alpha value is -1.54. The summed E-state index contributed by atoms with van der Waals surface area (Å²) in [4.78, 5) is 22.3. The molecule has 2 aromatic heterocycles. The highest BCUT2D eigenvalue weighted by Gasteiger charge is 2.11. The lowest BCUT2D eigenvalue weighted by atomic mass is 10.4. The number of methoxy groups -OCH3 is 1. The Morgan fingerprint density at radius 1 is 1.50 bits per heavy atom. The van der Waals surface area contributed by atoms with E-state index in [-0.39, 0.29) is 12.2 Å². The highest BCUT2D eigenvalue weighted by molar-refractivity contribution is 9.10. The molecular formula is C8H8BrN5O2. The molecule has 0 fully saturated rings. The van der Waals surface area contributed by atoms with E-state index in [1.165, 1.54) is 13.4 Å². The SMILES string of the molecule is COCc1nc(-c2ncn[nH]2)[nH]c(=O)c1Br. The number of rotatable bonds is 3. The maximum atomic E-state index is 11.6. The van der Waals surface area contributed by atoms with Gasteiger partial charge in [-0.05, 0) is 15.9 Å². The zero-order valence-electron chi connectivity index (χ0n) is 8.32. The summed E-state index contributed by atoms with van der Waals surface area (Å²) in [5, 5.41) is 6.30. The molecule has 0 spiro atoms. The van der Waals surface area contributed by atoms with Crippen LogP contribution in [0.4, 0.5) is 0 Å². The molecule has 2 heterocycles. The molecule has 0 aromatic carbocycles. The number of nitrogens with zero attached hydrogens (tertiary/aromatic N) is 3. The van der Waals surface area contributed by atoms with Crippen molar-refractivity contribution in [3.8, 4) is 11.6 Å². The summed E-state index contributed by atoms with van der Waals surface area (Å²) in [6, 6.07) is 0. The summed E-state index contributed by atoms with van der Waals surface area (Å²) in [6.07, 6.45) is 1.34. The molecule has 0 radical (unpaired) electrons. The van der Waals surface area contributed by atoms with Crippen molar-refractivity contribution in [3.63, 3.8) is 0 Å². The maximum Gasteiger partial charge on any atom is 0.265 e. The molecule has 2 aromatic rings. The maximum absolute atomic E-state index is 11.6. The van der Waals surface area contributed by atoms with Crippen molar-refractivity contribution in [3.05, 3.63) is 26.8 Å². The van der Waals surface area contributed by atoms with Gasteiger partial charge in [-0.25, -0.2) is 9.97 Å². The highest BCUT2D eigenvalue weighted by Crippen LogP contribution is 2.13. The molecule has 0 atom stereocenters. The van der Waals surface area contributed by atoms with Gasteiger partial charge in [0, 0.05) is 7.11 Å². The molecule has 8 heteroatoms. The Labute approximate surface area is 98.4 Å². The van der Waals surface area contributed by atoms with Gasteiger partial charge in [-0.15, -0.1) is 0 Å². The Kier molecular flexibility index (Phi) is 3.11. The first-order valence-electron chi connectivity index (χ1n) is 4.35. The zero-order valence-corrected chi connectivity index (χ0v) is 9.91. The summed E-state index contributed by atoms with van der Waals surface area (Å²) < 4.78 is 5.30. The van der Waals surface area contributed by atoms with Gasteiger partial charge in [0.05, 0.1) is 12.3 Å². The fourth-order valence-electron chi connectivity index (χ4n) is 1.17. The van der Waals surface area contributed by atoms with Crippen LogP contribution in [0.3, 0.4) is 0 Å². The molecule has 7 nitrogen and oxygen atoms in total. The molecule has 84 valence electrons. The first-order valence-corrected chi connectivity index (χ1v) is 5.15. The van der Waals surface area contributed by atoms with Gasteiger partial charge < -0.3 is 9.72 Å². The lowest BCUT2D eigenvalue weighted by Crippen LogP contribution is -2.14. The number of aromatic amines is 2. The number of nitrogens with one attached hydrogen (secondary N) is 2. The number of H-pyrrole nitrogens is 2. The van der Waals surface area contributed by atoms with Crippen LogP contribution in [-0.2, 0) is 11.3 Å². The summed E-state index contributed by atoms with van der Waals surface area (Å²) >= 11 is 3.15. The van der Waals surface area contributed by atoms with Crippen molar-refractivity contribution in [2.24, 2.45) is 0 Å². The molecule has 0 saturated carbocycles. The minimum atomic E-state index is -0.284. The number of hydrogen-bond donors (Lipinski definition) is 2. The van der Waals surface area contributed by atoms with Gasteiger partial charge in [0.15, 0.2) is 11.6 Å². The molecular weight excluding hydrogens is 278 g/mol. The molecule has 2 N–H and O–H groups in total. The average molecular weight is 286 g/mol. The van der Waals surface area contributed by atoms with E-state index in [1.807, 2.05) is 0 Å². The van der Waals surface area contributed by atoms with Gasteiger partial charge in [0.2, 0.25) is 0 Å². The molecule has 16 heavy (non-hydrogen) atoms. The molecule has 0 unspecified atom stereocenters. The molecule has 0 aliphatic carbocycles. The molecule has 0 aliphatic heterocycles. The Morgan fingerprint density at radius 2 is 2.31 bits per heavy atom. The summed E-state index contributed by atoms with van der Waals surface area (Å²) in [5.74, 6) is 0.736. The average Bonchev–Trinajstić information content (AvgIpc) is 2.78. The van der Waals surface area contributed by atoms with Gasteiger partial charge in [-0.2, -0.15) is 5.10 Å². The van der Waals surface area contributed by atoms with Crippen molar-refractivity contribution in [1.82, 2.24) is 25.1 Å². The quantitative estimate of drug-likeness (QED) is 0.854. The normalized spacial score (nSPS) is 10.6. The Balaban J connectivity index is 2.53. The van der Waals surface area contributed by atoms with Crippen molar-refractivity contribution in [2.45, 2.75) is 6.61 Å². The molecule has 2 rings (SSSR count). The first kappa shape index (κ1) is 11.0. The van der Waals surface area contributed by atoms with Gasteiger partial charge in [0.1, 0.15) is 10.8 Å². The second kappa shape index (κ2) is 4.54. The van der Waals surface area contributed by atoms with E-state index in [0.29, 0.717) is 21.8 Å². The lowest BCUT2D eigenvalue weighted by molar-refractivity contribution is 0.180. The van der Waals surface area contributed by atoms with Crippen LogP contribution in [0.1, 0.15) is 5.69 Å². The van der Waals surface area contributed by atoms with E-state index in [9.17, 15) is 4.79 Å². The monoisotopic (exact) mass is 285 g/mol. The van der Waals surface area contributed by atoms with Crippen molar-refractivity contribution in [1.29, 1.82) is 0 Å². The van der Waals surface area contributed by atoms with E-state index >= 15 is 0 Å². The van der Waals surface area contributed by atoms with Crippen LogP contribution in [0.15, 0.2) is 15.6 Å². The summed E-state index contributed by atoms with van der Waals surface area (Å²) in [7, 11) is 1.53. The van der Waals surface area contributed by atoms with E-state index < -0.39 is 0 Å². The Morgan fingerprint density at radius 3 is 2.94 bits per heavy atom. The second-order valence-corrected chi connectivity index (χ2v) is 3.74. The van der Waals surface area contributed by atoms with Crippen molar-refractivity contribution < 1.29 is 4.74 Å². The minimum Gasteiger partial charge on any atom is -0.378 e. The van der Waals surface area contributed by atoms with Crippen LogP contribution >= 0.6 is 15.9 Å². The number of halogens is 1. The van der Waals surface area contributed by atoms with Crippen molar-refractivity contribution in [2.75, 3.05) is 7.11 Å². The van der Waals surface area contributed by atoms with Gasteiger partial charge in [-0.1, -0.05) is 0 Å². The summed E-state index contributed by atoms with van der Waals surface area (Å²) in [5.41, 5.74) is 0.228. The predicted octanol–water partition coefficient (Wildman–Crippen LogP) is 0.464. The fraction of sp³-hybridized carbons (Fsp3) is 0.250. The van der Waals surface area contributed by atoms with Gasteiger partial charge in [0.25, 0.3) is 5.56 Å². The minimum absolute atomic E-state index is 0.242. The zero-order chi connectivity index (χ0) is 11.5. The third-order valence-corrected chi connectivity index (χ3v) is 2.67. The van der Waals surface area contributed by atoms with Crippen molar-refractivity contribution >= 4 is 15.9 Å². The third kappa shape index (κ3) is 2.02. The Bertz CT molecular complexity index is 536. The largest absolute Gasteiger partial charge is 0.378 e.